The van der Waals surface area contributed by atoms with Gasteiger partial charge in [0.25, 0.3) is 5.91 Å². The first kappa shape index (κ1) is 21.6. The lowest BCUT2D eigenvalue weighted by atomic mass is 10.2. The highest BCUT2D eigenvalue weighted by molar-refractivity contribution is 5.98. The van der Waals surface area contributed by atoms with Crippen molar-refractivity contribution in [3.63, 3.8) is 0 Å². The second kappa shape index (κ2) is 10.6. The third-order valence-electron chi connectivity index (χ3n) is 4.30. The molecule has 2 heterocycles. The second-order valence-corrected chi connectivity index (χ2v) is 6.53. The Hall–Kier alpha value is -4.14. The van der Waals surface area contributed by atoms with Crippen LogP contribution in [0, 0.1) is 0 Å². The van der Waals surface area contributed by atoms with Crippen molar-refractivity contribution in [3.8, 4) is 5.75 Å². The number of hydrogen-bond acceptors (Lipinski definition) is 6. The van der Waals surface area contributed by atoms with Crippen molar-refractivity contribution in [3.05, 3.63) is 78.5 Å². The summed E-state index contributed by atoms with van der Waals surface area (Å²) in [6.45, 7) is -0.361. The zero-order valence-electron chi connectivity index (χ0n) is 16.9. The average Bonchev–Trinajstić information content (AvgIpc) is 3.31. The van der Waals surface area contributed by atoms with Crippen LogP contribution in [0.1, 0.15) is 16.1 Å². The van der Waals surface area contributed by atoms with Gasteiger partial charge in [-0.05, 0) is 48.5 Å². The zero-order valence-corrected chi connectivity index (χ0v) is 16.9. The molecule has 160 valence electrons. The largest absolute Gasteiger partial charge is 0.497 e. The molecule has 3 amide bonds. The number of ether oxygens (including phenoxy) is 1. The Morgan fingerprint density at radius 2 is 1.77 bits per heavy atom. The van der Waals surface area contributed by atoms with Crippen LogP contribution in [0.4, 0.5) is 5.69 Å². The van der Waals surface area contributed by atoms with Crippen LogP contribution in [-0.2, 0) is 16.1 Å². The predicted octanol–water partition coefficient (Wildman–Crippen LogP) is 2.08. The van der Waals surface area contributed by atoms with Gasteiger partial charge in [-0.2, -0.15) is 0 Å². The molecule has 0 fully saturated rings. The normalized spacial score (nSPS) is 10.2. The predicted molar refractivity (Wildman–Crippen MR) is 112 cm³/mol. The molecule has 0 unspecified atom stereocenters. The number of methoxy groups -OCH3 is 1. The molecule has 9 heteroatoms. The first-order valence-corrected chi connectivity index (χ1v) is 9.47. The van der Waals surface area contributed by atoms with E-state index in [4.69, 9.17) is 9.15 Å². The van der Waals surface area contributed by atoms with Crippen molar-refractivity contribution in [2.24, 2.45) is 0 Å². The van der Waals surface area contributed by atoms with Gasteiger partial charge in [0.15, 0.2) is 0 Å². The lowest BCUT2D eigenvalue weighted by Gasteiger charge is -2.21. The molecule has 0 aliphatic carbocycles. The molecule has 0 saturated heterocycles. The van der Waals surface area contributed by atoms with Gasteiger partial charge in [-0.1, -0.05) is 0 Å². The van der Waals surface area contributed by atoms with E-state index in [0.717, 1.165) is 0 Å². The number of rotatable bonds is 9. The maximum Gasteiger partial charge on any atom is 0.254 e. The Kier molecular flexibility index (Phi) is 7.36. The summed E-state index contributed by atoms with van der Waals surface area (Å²) in [6.07, 6.45) is 4.50. The topological polar surface area (TPSA) is 114 Å². The number of carbonyl (C=O) groups excluding carboxylic acids is 3. The molecule has 31 heavy (non-hydrogen) atoms. The van der Waals surface area contributed by atoms with Gasteiger partial charge in [-0.3, -0.25) is 19.4 Å². The lowest BCUT2D eigenvalue weighted by Crippen LogP contribution is -2.42. The number of nitrogens with zero attached hydrogens (tertiary/aromatic N) is 2. The standard InChI is InChI=1S/C22H22N4O5/c1-30-18-6-4-17(5-7-18)25-20(27)13-24-21(28)15-26(14-19-3-2-12-31-19)22(29)16-8-10-23-11-9-16/h2-12H,13-15H2,1H3,(H,24,28)(H,25,27). The van der Waals surface area contributed by atoms with Gasteiger partial charge in [0.1, 0.15) is 18.1 Å². The Morgan fingerprint density at radius 1 is 1.03 bits per heavy atom. The highest BCUT2D eigenvalue weighted by atomic mass is 16.5. The molecule has 0 radical (unpaired) electrons. The van der Waals surface area contributed by atoms with Gasteiger partial charge < -0.3 is 24.7 Å². The van der Waals surface area contributed by atoms with Crippen molar-refractivity contribution in [2.75, 3.05) is 25.5 Å². The van der Waals surface area contributed by atoms with Gasteiger partial charge >= 0.3 is 0 Å². The zero-order chi connectivity index (χ0) is 22.1. The highest BCUT2D eigenvalue weighted by Gasteiger charge is 2.20. The average molecular weight is 422 g/mol. The van der Waals surface area contributed by atoms with Crippen LogP contribution in [0.2, 0.25) is 0 Å². The van der Waals surface area contributed by atoms with E-state index in [1.165, 1.54) is 23.6 Å². The van der Waals surface area contributed by atoms with E-state index in [1.807, 2.05) is 0 Å². The molecular weight excluding hydrogens is 400 g/mol. The monoisotopic (exact) mass is 422 g/mol. The smallest absolute Gasteiger partial charge is 0.254 e. The minimum absolute atomic E-state index is 0.111. The SMILES string of the molecule is COc1ccc(NC(=O)CNC(=O)CN(Cc2ccco2)C(=O)c2ccncc2)cc1. The Labute approximate surface area is 179 Å². The number of amides is 3. The molecule has 0 bridgehead atoms. The van der Waals surface area contributed by atoms with Crippen molar-refractivity contribution in [2.45, 2.75) is 6.54 Å². The maximum absolute atomic E-state index is 12.8. The number of benzene rings is 1. The Bertz CT molecular complexity index is 1000. The molecule has 0 aliphatic heterocycles. The second-order valence-electron chi connectivity index (χ2n) is 6.53. The van der Waals surface area contributed by atoms with Gasteiger partial charge in [0.2, 0.25) is 11.8 Å². The number of hydrogen-bond donors (Lipinski definition) is 2. The number of aromatic nitrogens is 1. The molecule has 0 aliphatic rings. The first-order chi connectivity index (χ1) is 15.0. The molecule has 0 spiro atoms. The van der Waals surface area contributed by atoms with E-state index in [9.17, 15) is 14.4 Å². The van der Waals surface area contributed by atoms with Crippen LogP contribution < -0.4 is 15.4 Å². The van der Waals surface area contributed by atoms with Crippen molar-refractivity contribution in [1.82, 2.24) is 15.2 Å². The fourth-order valence-electron chi connectivity index (χ4n) is 2.75. The van der Waals surface area contributed by atoms with Crippen LogP contribution >= 0.6 is 0 Å². The van der Waals surface area contributed by atoms with Crippen molar-refractivity contribution >= 4 is 23.4 Å². The van der Waals surface area contributed by atoms with E-state index < -0.39 is 11.8 Å². The fraction of sp³-hybridized carbons (Fsp3) is 0.182. The molecular formula is C22H22N4O5. The van der Waals surface area contributed by atoms with E-state index in [1.54, 1.807) is 55.6 Å². The van der Waals surface area contributed by atoms with Crippen LogP contribution in [0.3, 0.4) is 0 Å². The molecule has 0 saturated carbocycles. The summed E-state index contributed by atoms with van der Waals surface area (Å²) in [4.78, 5) is 42.6. The minimum atomic E-state index is -0.473. The van der Waals surface area contributed by atoms with Crippen LogP contribution in [0.5, 0.6) is 5.75 Å². The Balaban J connectivity index is 1.56. The number of nitrogens with one attached hydrogen (secondary N) is 2. The summed E-state index contributed by atoms with van der Waals surface area (Å²) in [6, 6.07) is 13.4. The first-order valence-electron chi connectivity index (χ1n) is 9.47. The van der Waals surface area contributed by atoms with E-state index in [-0.39, 0.29) is 25.5 Å². The molecule has 0 atom stereocenters. The number of anilines is 1. The molecule has 2 N–H and O–H groups in total. The number of furan rings is 1. The molecule has 9 nitrogen and oxygen atoms in total. The molecule has 2 aromatic heterocycles. The van der Waals surface area contributed by atoms with Gasteiger partial charge in [-0.15, -0.1) is 0 Å². The molecule has 3 rings (SSSR count). The lowest BCUT2D eigenvalue weighted by molar-refractivity contribution is -0.124. The third kappa shape index (κ3) is 6.43. The number of pyridine rings is 1. The molecule has 1 aromatic carbocycles. The summed E-state index contributed by atoms with van der Waals surface area (Å²) >= 11 is 0. The summed E-state index contributed by atoms with van der Waals surface area (Å²) < 4.78 is 10.4. The summed E-state index contributed by atoms with van der Waals surface area (Å²) in [5.74, 6) is -0.0127. The molecule has 3 aromatic rings. The van der Waals surface area contributed by atoms with Crippen LogP contribution in [0.15, 0.2) is 71.6 Å². The summed E-state index contributed by atoms with van der Waals surface area (Å²) in [7, 11) is 1.55. The van der Waals surface area contributed by atoms with Crippen molar-refractivity contribution in [1.29, 1.82) is 0 Å². The van der Waals surface area contributed by atoms with Gasteiger partial charge in [0, 0.05) is 23.6 Å². The van der Waals surface area contributed by atoms with E-state index in [0.29, 0.717) is 22.8 Å². The quantitative estimate of drug-likeness (QED) is 0.546. The summed E-state index contributed by atoms with van der Waals surface area (Å²) in [5.41, 5.74) is 0.971. The fourth-order valence-corrected chi connectivity index (χ4v) is 2.75. The van der Waals surface area contributed by atoms with Gasteiger partial charge in [0.05, 0.1) is 26.5 Å². The van der Waals surface area contributed by atoms with Crippen molar-refractivity contribution < 1.29 is 23.5 Å². The van der Waals surface area contributed by atoms with Crippen LogP contribution in [0.25, 0.3) is 0 Å². The third-order valence-corrected chi connectivity index (χ3v) is 4.30. The van der Waals surface area contributed by atoms with Gasteiger partial charge in [-0.25, -0.2) is 0 Å². The number of carbonyl (C=O) groups is 3. The Morgan fingerprint density at radius 3 is 2.42 bits per heavy atom. The van der Waals surface area contributed by atoms with E-state index in [2.05, 4.69) is 15.6 Å². The maximum atomic E-state index is 12.8. The minimum Gasteiger partial charge on any atom is -0.497 e. The highest BCUT2D eigenvalue weighted by Crippen LogP contribution is 2.14. The van der Waals surface area contributed by atoms with Crippen LogP contribution in [-0.4, -0.2) is 47.8 Å². The summed E-state index contributed by atoms with van der Waals surface area (Å²) in [5, 5.41) is 5.20. The van der Waals surface area contributed by atoms with E-state index >= 15 is 0 Å².